The Morgan fingerprint density at radius 1 is 1.30 bits per heavy atom. The van der Waals surface area contributed by atoms with E-state index >= 15 is 0 Å². The zero-order valence-corrected chi connectivity index (χ0v) is 13.3. The third-order valence-electron chi connectivity index (χ3n) is 2.79. The summed E-state index contributed by atoms with van der Waals surface area (Å²) in [5, 5.41) is 4.44. The lowest BCUT2D eigenvalue weighted by Gasteiger charge is -2.13. The number of aromatic nitrogens is 2. The highest BCUT2D eigenvalue weighted by Gasteiger charge is 2.08. The van der Waals surface area contributed by atoms with Gasteiger partial charge in [0.25, 0.3) is 0 Å². The van der Waals surface area contributed by atoms with Crippen molar-refractivity contribution >= 4 is 11.3 Å². The molecule has 0 amide bonds. The molecule has 0 bridgehead atoms. The summed E-state index contributed by atoms with van der Waals surface area (Å²) >= 11 is 1.66. The summed E-state index contributed by atoms with van der Waals surface area (Å²) in [6.07, 6.45) is 1.87. The van der Waals surface area contributed by atoms with Crippen molar-refractivity contribution in [3.63, 3.8) is 0 Å². The van der Waals surface area contributed by atoms with Crippen molar-refractivity contribution in [1.29, 1.82) is 0 Å². The molecule has 4 nitrogen and oxygen atoms in total. The van der Waals surface area contributed by atoms with Gasteiger partial charge in [0.05, 0.1) is 15.6 Å². The molecule has 0 aliphatic heterocycles. The second-order valence-corrected chi connectivity index (χ2v) is 6.39. The number of hydrogen-bond acceptors (Lipinski definition) is 5. The number of pyridine rings is 1. The summed E-state index contributed by atoms with van der Waals surface area (Å²) in [4.78, 5) is 9.93. The number of nitrogens with zero attached hydrogens (tertiary/aromatic N) is 2. The van der Waals surface area contributed by atoms with Crippen LogP contribution >= 0.6 is 11.3 Å². The second kappa shape index (κ2) is 6.81. The van der Waals surface area contributed by atoms with Crippen molar-refractivity contribution in [2.45, 2.75) is 46.9 Å². The van der Waals surface area contributed by atoms with Crippen molar-refractivity contribution in [2.75, 3.05) is 0 Å². The highest BCUT2D eigenvalue weighted by Crippen LogP contribution is 2.20. The van der Waals surface area contributed by atoms with Gasteiger partial charge in [0.2, 0.25) is 0 Å². The maximum absolute atomic E-state index is 5.89. The van der Waals surface area contributed by atoms with Crippen molar-refractivity contribution in [2.24, 2.45) is 0 Å². The number of hydrogen-bond donors (Lipinski definition) is 1. The van der Waals surface area contributed by atoms with Crippen molar-refractivity contribution in [1.82, 2.24) is 15.3 Å². The van der Waals surface area contributed by atoms with Gasteiger partial charge in [-0.1, -0.05) is 13.8 Å². The van der Waals surface area contributed by atoms with Gasteiger partial charge in [0, 0.05) is 24.5 Å². The van der Waals surface area contributed by atoms with Crippen LogP contribution in [0.4, 0.5) is 0 Å². The topological polar surface area (TPSA) is 47.0 Å². The zero-order chi connectivity index (χ0) is 14.5. The normalized spacial score (nSPS) is 11.1. The molecule has 0 radical (unpaired) electrons. The first kappa shape index (κ1) is 14.9. The molecule has 0 atom stereocenters. The minimum absolute atomic E-state index is 0.425. The molecule has 0 aliphatic carbocycles. The molecule has 0 aromatic carbocycles. The molecule has 2 aromatic heterocycles. The van der Waals surface area contributed by atoms with Crippen LogP contribution in [-0.4, -0.2) is 16.0 Å². The molecule has 0 aliphatic rings. The number of ether oxygens (including phenoxy) is 1. The van der Waals surface area contributed by atoms with E-state index in [4.69, 9.17) is 4.74 Å². The lowest BCUT2D eigenvalue weighted by molar-refractivity contribution is 0.303. The number of aryl methyl sites for hydroxylation is 2. The average Bonchev–Trinajstić information content (AvgIpc) is 2.81. The van der Waals surface area contributed by atoms with E-state index in [1.165, 1.54) is 0 Å². The first-order valence-corrected chi connectivity index (χ1v) is 7.60. The van der Waals surface area contributed by atoms with Crippen LogP contribution in [-0.2, 0) is 13.2 Å². The lowest BCUT2D eigenvalue weighted by Crippen LogP contribution is -2.23. The Kier molecular flexibility index (Phi) is 5.09. The highest BCUT2D eigenvalue weighted by atomic mass is 32.1. The Morgan fingerprint density at radius 3 is 2.75 bits per heavy atom. The molecule has 108 valence electrons. The molecule has 2 rings (SSSR count). The van der Waals surface area contributed by atoms with Crippen LogP contribution < -0.4 is 10.1 Å². The first-order chi connectivity index (χ1) is 9.54. The molecule has 0 fully saturated rings. The Labute approximate surface area is 124 Å². The summed E-state index contributed by atoms with van der Waals surface area (Å²) in [6, 6.07) is 4.40. The first-order valence-electron chi connectivity index (χ1n) is 6.78. The van der Waals surface area contributed by atoms with E-state index in [1.807, 2.05) is 32.2 Å². The van der Waals surface area contributed by atoms with Crippen LogP contribution in [0.2, 0.25) is 0 Å². The summed E-state index contributed by atoms with van der Waals surface area (Å²) in [6.45, 7) is 9.50. The number of thiazole rings is 1. The molecule has 20 heavy (non-hydrogen) atoms. The Hall–Kier alpha value is -1.46. The predicted octanol–water partition coefficient (Wildman–Crippen LogP) is 3.23. The molecule has 5 heteroatoms. The molecule has 0 unspecified atom stereocenters. The zero-order valence-electron chi connectivity index (χ0n) is 12.4. The van der Waals surface area contributed by atoms with Crippen LogP contribution in [0.25, 0.3) is 0 Å². The third kappa shape index (κ3) is 4.28. The van der Waals surface area contributed by atoms with Crippen LogP contribution in [0.3, 0.4) is 0 Å². The van der Waals surface area contributed by atoms with Crippen LogP contribution in [0.5, 0.6) is 5.75 Å². The van der Waals surface area contributed by atoms with Crippen molar-refractivity contribution in [3.05, 3.63) is 39.6 Å². The molecular weight excluding hydrogens is 270 g/mol. The average molecular weight is 291 g/mol. The van der Waals surface area contributed by atoms with E-state index in [1.54, 1.807) is 11.3 Å². The smallest absolute Gasteiger partial charge is 0.142 e. The van der Waals surface area contributed by atoms with Gasteiger partial charge in [-0.3, -0.25) is 4.98 Å². The van der Waals surface area contributed by atoms with Gasteiger partial charge in [-0.15, -0.1) is 11.3 Å². The second-order valence-electron chi connectivity index (χ2n) is 5.07. The molecule has 1 N–H and O–H groups in total. The Morgan fingerprint density at radius 2 is 2.10 bits per heavy atom. The Bertz CT molecular complexity index is 566. The van der Waals surface area contributed by atoms with Gasteiger partial charge < -0.3 is 10.1 Å². The summed E-state index contributed by atoms with van der Waals surface area (Å²) in [7, 11) is 0. The number of rotatable bonds is 6. The van der Waals surface area contributed by atoms with Gasteiger partial charge >= 0.3 is 0 Å². The fourth-order valence-electron chi connectivity index (χ4n) is 1.78. The predicted molar refractivity (Wildman–Crippen MR) is 82.1 cm³/mol. The van der Waals surface area contributed by atoms with E-state index in [0.29, 0.717) is 12.6 Å². The molecule has 0 spiro atoms. The fraction of sp³-hybridized carbons (Fsp3) is 0.467. The Balaban J connectivity index is 2.05. The molecule has 2 aromatic rings. The van der Waals surface area contributed by atoms with Gasteiger partial charge in [-0.2, -0.15) is 0 Å². The van der Waals surface area contributed by atoms with E-state index in [0.717, 1.165) is 33.6 Å². The van der Waals surface area contributed by atoms with E-state index in [-0.39, 0.29) is 0 Å². The fourth-order valence-corrected chi connectivity index (χ4v) is 2.49. The number of nitrogens with one attached hydrogen (secondary N) is 1. The molecule has 0 saturated heterocycles. The van der Waals surface area contributed by atoms with Gasteiger partial charge in [-0.05, 0) is 26.0 Å². The largest absolute Gasteiger partial charge is 0.486 e. The van der Waals surface area contributed by atoms with Gasteiger partial charge in [0.1, 0.15) is 12.4 Å². The monoisotopic (exact) mass is 291 g/mol. The molecule has 2 heterocycles. The molecule has 0 saturated carbocycles. The SMILES string of the molecule is Cc1ccc(OCc2cnc(C)s2)c(CNC(C)C)n1. The minimum Gasteiger partial charge on any atom is -0.486 e. The standard InChI is InChI=1S/C15H21N3OS/c1-10(2)16-8-14-15(6-5-11(3)18-14)19-9-13-7-17-12(4)20-13/h5-7,10,16H,8-9H2,1-4H3. The lowest BCUT2D eigenvalue weighted by atomic mass is 10.2. The van der Waals surface area contributed by atoms with Gasteiger partial charge in [-0.25, -0.2) is 4.98 Å². The van der Waals surface area contributed by atoms with Crippen molar-refractivity contribution in [3.8, 4) is 5.75 Å². The summed E-state index contributed by atoms with van der Waals surface area (Å²) in [5.74, 6) is 0.842. The minimum atomic E-state index is 0.425. The van der Waals surface area contributed by atoms with Gasteiger partial charge in [0.15, 0.2) is 0 Å². The summed E-state index contributed by atoms with van der Waals surface area (Å²) < 4.78 is 5.89. The van der Waals surface area contributed by atoms with E-state index in [2.05, 4.69) is 29.1 Å². The molecular formula is C15H21N3OS. The third-order valence-corrected chi connectivity index (χ3v) is 3.67. The van der Waals surface area contributed by atoms with Crippen molar-refractivity contribution < 1.29 is 4.74 Å². The summed E-state index contributed by atoms with van der Waals surface area (Å²) in [5.41, 5.74) is 1.96. The van der Waals surface area contributed by atoms with E-state index < -0.39 is 0 Å². The van der Waals surface area contributed by atoms with Crippen LogP contribution in [0, 0.1) is 13.8 Å². The maximum Gasteiger partial charge on any atom is 0.142 e. The maximum atomic E-state index is 5.89. The van der Waals surface area contributed by atoms with Crippen LogP contribution in [0.1, 0.15) is 35.1 Å². The van der Waals surface area contributed by atoms with Crippen LogP contribution in [0.15, 0.2) is 18.3 Å². The quantitative estimate of drug-likeness (QED) is 0.887. The highest BCUT2D eigenvalue weighted by molar-refractivity contribution is 7.11. The van der Waals surface area contributed by atoms with E-state index in [9.17, 15) is 0 Å².